The molecule has 0 saturated heterocycles. The number of nitrogens with one attached hydrogen (secondary N) is 1. The minimum Gasteiger partial charge on any atom is -0.467 e. The van der Waals surface area contributed by atoms with Gasteiger partial charge in [-0.25, -0.2) is 9.78 Å². The second-order valence-corrected chi connectivity index (χ2v) is 11.0. The van der Waals surface area contributed by atoms with E-state index in [-0.39, 0.29) is 30.0 Å². The van der Waals surface area contributed by atoms with Gasteiger partial charge in [-0.05, 0) is 30.2 Å². The molecule has 0 bridgehead atoms. The molecule has 1 N–H and O–H groups in total. The number of methoxy groups -OCH3 is 1. The lowest BCUT2D eigenvalue weighted by Gasteiger charge is -2.33. The zero-order valence-electron chi connectivity index (χ0n) is 22.6. The van der Waals surface area contributed by atoms with Gasteiger partial charge in [0, 0.05) is 44.7 Å². The summed E-state index contributed by atoms with van der Waals surface area (Å²) in [4.78, 5) is 56.3. The largest absolute Gasteiger partial charge is 0.467 e. The SMILES string of the molecule is COC(=O)[C@H](Cc1ccccc1)NC(=O)c1csc([C@@H](CC(C(C)C)N(C)C(=O)CC2CC2)OC(C)=O)n1. The van der Waals surface area contributed by atoms with Crippen LogP contribution in [0.25, 0.3) is 0 Å². The molecule has 1 aliphatic rings. The van der Waals surface area contributed by atoms with Crippen molar-refractivity contribution in [1.82, 2.24) is 15.2 Å². The molecule has 0 spiro atoms. The Bertz CT molecular complexity index is 1110. The second-order valence-electron chi connectivity index (χ2n) is 10.1. The van der Waals surface area contributed by atoms with E-state index in [1.54, 1.807) is 17.3 Å². The highest BCUT2D eigenvalue weighted by atomic mass is 32.1. The summed E-state index contributed by atoms with van der Waals surface area (Å²) in [6, 6.07) is 8.25. The number of hydrogen-bond acceptors (Lipinski definition) is 8. The molecule has 3 rings (SSSR count). The lowest BCUT2D eigenvalue weighted by molar-refractivity contribution is -0.148. The molecule has 1 aromatic heterocycles. The van der Waals surface area contributed by atoms with Gasteiger partial charge in [-0.1, -0.05) is 44.2 Å². The van der Waals surface area contributed by atoms with Gasteiger partial charge in [0.15, 0.2) is 6.10 Å². The number of benzene rings is 1. The first-order valence-corrected chi connectivity index (χ1v) is 13.8. The van der Waals surface area contributed by atoms with Crippen LogP contribution in [-0.2, 0) is 30.3 Å². The summed E-state index contributed by atoms with van der Waals surface area (Å²) < 4.78 is 10.5. The van der Waals surface area contributed by atoms with Crippen LogP contribution in [-0.4, -0.2) is 59.9 Å². The van der Waals surface area contributed by atoms with E-state index in [1.807, 2.05) is 44.2 Å². The van der Waals surface area contributed by atoms with Crippen LogP contribution in [0.3, 0.4) is 0 Å². The summed E-state index contributed by atoms with van der Waals surface area (Å²) in [7, 11) is 3.06. The Kier molecular flexibility index (Phi) is 10.4. The zero-order valence-corrected chi connectivity index (χ0v) is 23.5. The molecule has 0 radical (unpaired) electrons. The van der Waals surface area contributed by atoms with Gasteiger partial charge in [-0.2, -0.15) is 0 Å². The summed E-state index contributed by atoms with van der Waals surface area (Å²) in [5.74, 6) is -0.897. The third-order valence-electron chi connectivity index (χ3n) is 6.69. The van der Waals surface area contributed by atoms with Gasteiger partial charge in [0.25, 0.3) is 5.91 Å². The zero-order chi connectivity index (χ0) is 27.8. The Hall–Kier alpha value is -3.27. The average Bonchev–Trinajstić information content (AvgIpc) is 3.56. The fraction of sp³-hybridized carbons (Fsp3) is 0.536. The molecular weight excluding hydrogens is 506 g/mol. The molecule has 38 heavy (non-hydrogen) atoms. The molecule has 9 nitrogen and oxygen atoms in total. The van der Waals surface area contributed by atoms with Gasteiger partial charge < -0.3 is 19.7 Å². The number of thiazole rings is 1. The number of rotatable bonds is 13. The number of ether oxygens (including phenoxy) is 2. The van der Waals surface area contributed by atoms with Gasteiger partial charge in [0.05, 0.1) is 7.11 Å². The molecule has 1 unspecified atom stereocenters. The van der Waals surface area contributed by atoms with Crippen molar-refractivity contribution in [2.75, 3.05) is 14.2 Å². The summed E-state index contributed by atoms with van der Waals surface area (Å²) >= 11 is 1.20. The van der Waals surface area contributed by atoms with Crippen molar-refractivity contribution >= 4 is 35.1 Å². The third kappa shape index (κ3) is 8.37. The number of nitrogens with zero attached hydrogens (tertiary/aromatic N) is 2. The van der Waals surface area contributed by atoms with Gasteiger partial charge in [-0.3, -0.25) is 14.4 Å². The van der Waals surface area contributed by atoms with Crippen LogP contribution in [0.1, 0.15) is 73.6 Å². The van der Waals surface area contributed by atoms with Gasteiger partial charge in [-0.15, -0.1) is 11.3 Å². The van der Waals surface area contributed by atoms with E-state index in [0.29, 0.717) is 23.8 Å². The maximum Gasteiger partial charge on any atom is 0.328 e. The quantitative estimate of drug-likeness (QED) is 0.381. The Morgan fingerprint density at radius 2 is 1.84 bits per heavy atom. The molecule has 1 heterocycles. The van der Waals surface area contributed by atoms with Crippen LogP contribution < -0.4 is 5.32 Å². The van der Waals surface area contributed by atoms with Crippen molar-refractivity contribution in [2.24, 2.45) is 11.8 Å². The van der Waals surface area contributed by atoms with Crippen LogP contribution in [0.2, 0.25) is 0 Å². The van der Waals surface area contributed by atoms with Crippen molar-refractivity contribution in [3.8, 4) is 0 Å². The Labute approximate surface area is 227 Å². The van der Waals surface area contributed by atoms with E-state index < -0.39 is 30.0 Å². The van der Waals surface area contributed by atoms with Gasteiger partial charge in [0.2, 0.25) is 5.91 Å². The first kappa shape index (κ1) is 29.3. The van der Waals surface area contributed by atoms with Crippen molar-refractivity contribution in [3.63, 3.8) is 0 Å². The number of hydrogen-bond donors (Lipinski definition) is 1. The number of aromatic nitrogens is 1. The smallest absolute Gasteiger partial charge is 0.328 e. The fourth-order valence-electron chi connectivity index (χ4n) is 4.35. The highest BCUT2D eigenvalue weighted by molar-refractivity contribution is 7.09. The second kappa shape index (κ2) is 13.5. The minimum atomic E-state index is -0.888. The molecule has 2 amide bonds. The van der Waals surface area contributed by atoms with E-state index in [4.69, 9.17) is 9.47 Å². The van der Waals surface area contributed by atoms with E-state index in [1.165, 1.54) is 25.4 Å². The summed E-state index contributed by atoms with van der Waals surface area (Å²) in [6.45, 7) is 5.37. The van der Waals surface area contributed by atoms with Crippen LogP contribution in [0.5, 0.6) is 0 Å². The van der Waals surface area contributed by atoms with Gasteiger partial charge >= 0.3 is 11.9 Å². The molecule has 1 aromatic carbocycles. The van der Waals surface area contributed by atoms with Crippen LogP contribution in [0.4, 0.5) is 0 Å². The Balaban J connectivity index is 1.74. The normalized spacial score (nSPS) is 15.3. The standard InChI is InChI=1S/C28H37N3O6S/c1-17(2)23(31(4)25(33)14-20-11-12-20)15-24(37-18(3)32)27-30-22(16-38-27)26(34)29-21(28(35)36-5)13-19-9-7-6-8-10-19/h6-10,16-17,20-21,23-24H,11-15H2,1-5H3,(H,29,34)/t21-,23?,24+/m0/s1. The number of carbonyl (C=O) groups is 4. The number of esters is 2. The Morgan fingerprint density at radius 3 is 2.42 bits per heavy atom. The van der Waals surface area contributed by atoms with Gasteiger partial charge in [0.1, 0.15) is 16.7 Å². The van der Waals surface area contributed by atoms with E-state index in [9.17, 15) is 19.2 Å². The third-order valence-corrected chi connectivity index (χ3v) is 7.62. The highest BCUT2D eigenvalue weighted by Gasteiger charge is 2.33. The van der Waals surface area contributed by atoms with E-state index >= 15 is 0 Å². The van der Waals surface area contributed by atoms with E-state index in [2.05, 4.69) is 10.3 Å². The first-order chi connectivity index (χ1) is 18.1. The van der Waals surface area contributed by atoms with Crippen LogP contribution >= 0.6 is 11.3 Å². The van der Waals surface area contributed by atoms with Crippen molar-refractivity contribution in [2.45, 2.75) is 71.1 Å². The maximum absolute atomic E-state index is 13.0. The monoisotopic (exact) mass is 543 g/mol. The molecule has 1 fully saturated rings. The lowest BCUT2D eigenvalue weighted by Crippen LogP contribution is -2.43. The average molecular weight is 544 g/mol. The highest BCUT2D eigenvalue weighted by Crippen LogP contribution is 2.34. The number of amides is 2. The molecule has 3 atom stereocenters. The van der Waals surface area contributed by atoms with Crippen LogP contribution in [0, 0.1) is 11.8 Å². The molecule has 10 heteroatoms. The topological polar surface area (TPSA) is 115 Å². The van der Waals surface area contributed by atoms with E-state index in [0.717, 1.165) is 18.4 Å². The summed E-state index contributed by atoms with van der Waals surface area (Å²) in [5, 5.41) is 4.74. The summed E-state index contributed by atoms with van der Waals surface area (Å²) in [5.41, 5.74) is 0.987. The molecule has 2 aromatic rings. The maximum atomic E-state index is 13.0. The van der Waals surface area contributed by atoms with Crippen molar-refractivity contribution < 1.29 is 28.7 Å². The molecular formula is C28H37N3O6S. The first-order valence-electron chi connectivity index (χ1n) is 12.9. The minimum absolute atomic E-state index is 0.0826. The Morgan fingerprint density at radius 1 is 1.16 bits per heavy atom. The lowest BCUT2D eigenvalue weighted by atomic mass is 9.96. The predicted octanol–water partition coefficient (Wildman–Crippen LogP) is 3.93. The molecule has 1 saturated carbocycles. The molecule has 1 aliphatic carbocycles. The number of carbonyl (C=O) groups excluding carboxylic acids is 4. The van der Waals surface area contributed by atoms with Crippen molar-refractivity contribution in [1.29, 1.82) is 0 Å². The summed E-state index contributed by atoms with van der Waals surface area (Å²) in [6.07, 6.45) is 2.62. The fourth-order valence-corrected chi connectivity index (χ4v) is 5.19. The van der Waals surface area contributed by atoms with Crippen LogP contribution in [0.15, 0.2) is 35.7 Å². The van der Waals surface area contributed by atoms with Crippen molar-refractivity contribution in [3.05, 3.63) is 52.0 Å². The molecule has 206 valence electrons. The predicted molar refractivity (Wildman–Crippen MR) is 143 cm³/mol. The molecule has 0 aliphatic heterocycles.